The zero-order chi connectivity index (χ0) is 12.8. The number of benzene rings is 1. The number of thioether (sulfide) groups is 1. The van der Waals surface area contributed by atoms with Crippen LogP contribution in [-0.2, 0) is 0 Å². The third-order valence-corrected chi connectivity index (χ3v) is 4.54. The van der Waals surface area contributed by atoms with E-state index in [1.807, 2.05) is 18.8 Å². The lowest BCUT2D eigenvalue weighted by Gasteiger charge is -2.20. The van der Waals surface area contributed by atoms with E-state index in [0.717, 1.165) is 6.54 Å². The second kappa shape index (κ2) is 7.07. The van der Waals surface area contributed by atoms with E-state index in [2.05, 4.69) is 57.3 Å². The summed E-state index contributed by atoms with van der Waals surface area (Å²) in [5.41, 5.74) is 1.42. The predicted molar refractivity (Wildman–Crippen MR) is 78.9 cm³/mol. The first-order valence-electron chi connectivity index (χ1n) is 6.45. The second-order valence-electron chi connectivity index (χ2n) is 5.18. The summed E-state index contributed by atoms with van der Waals surface area (Å²) in [6.45, 7) is 10.1. The topological polar surface area (TPSA) is 12.0 Å². The van der Waals surface area contributed by atoms with Gasteiger partial charge in [-0.25, -0.2) is 0 Å². The maximum atomic E-state index is 3.28. The second-order valence-corrected chi connectivity index (χ2v) is 6.49. The molecule has 1 atom stereocenters. The van der Waals surface area contributed by atoms with E-state index in [1.54, 1.807) is 0 Å². The van der Waals surface area contributed by atoms with Crippen molar-refractivity contribution in [1.82, 2.24) is 5.32 Å². The number of hydrogen-bond donors (Lipinski definition) is 1. The van der Waals surface area contributed by atoms with Crippen LogP contribution in [0, 0.1) is 5.92 Å². The molecule has 0 bridgehead atoms. The Labute approximate surface area is 110 Å². The molecule has 0 spiro atoms. The van der Waals surface area contributed by atoms with Crippen LogP contribution in [0.25, 0.3) is 0 Å². The molecular formula is C15H25NS. The average molecular weight is 251 g/mol. The summed E-state index contributed by atoms with van der Waals surface area (Å²) in [7, 11) is 2.03. The van der Waals surface area contributed by atoms with Crippen LogP contribution in [0.2, 0.25) is 0 Å². The molecule has 0 aliphatic rings. The molecule has 1 rings (SSSR count). The molecule has 1 aromatic carbocycles. The summed E-state index contributed by atoms with van der Waals surface area (Å²) >= 11 is 1.98. The van der Waals surface area contributed by atoms with Crippen LogP contribution in [0.1, 0.15) is 39.2 Å². The molecule has 1 unspecified atom stereocenters. The number of hydrogen-bond acceptors (Lipinski definition) is 2. The maximum absolute atomic E-state index is 3.28. The van der Waals surface area contributed by atoms with E-state index in [0.29, 0.717) is 17.1 Å². The fourth-order valence-corrected chi connectivity index (χ4v) is 2.89. The van der Waals surface area contributed by atoms with Gasteiger partial charge < -0.3 is 5.32 Å². The quantitative estimate of drug-likeness (QED) is 0.762. The average Bonchev–Trinajstić information content (AvgIpc) is 2.29. The third-order valence-electron chi connectivity index (χ3n) is 2.98. The smallest absolute Gasteiger partial charge is 0.0242 e. The lowest BCUT2D eigenvalue weighted by molar-refractivity contribution is 0.579. The van der Waals surface area contributed by atoms with Crippen molar-refractivity contribution in [3.63, 3.8) is 0 Å². The highest BCUT2D eigenvalue weighted by Gasteiger charge is 2.13. The van der Waals surface area contributed by atoms with Gasteiger partial charge in [-0.3, -0.25) is 0 Å². The first-order valence-corrected chi connectivity index (χ1v) is 7.33. The van der Waals surface area contributed by atoms with Crippen molar-refractivity contribution < 1.29 is 0 Å². The largest absolute Gasteiger partial charge is 0.319 e. The van der Waals surface area contributed by atoms with Crippen LogP contribution >= 0.6 is 11.8 Å². The lowest BCUT2D eigenvalue weighted by atomic mass is 10.0. The molecule has 17 heavy (non-hydrogen) atoms. The van der Waals surface area contributed by atoms with Crippen molar-refractivity contribution >= 4 is 11.8 Å². The van der Waals surface area contributed by atoms with Gasteiger partial charge in [-0.2, -0.15) is 0 Å². The molecule has 0 fully saturated rings. The Kier molecular flexibility index (Phi) is 6.07. The molecule has 0 aliphatic carbocycles. The SMILES string of the molecule is CNCC(Sc1ccc(C(C)C)cc1)C(C)C. The van der Waals surface area contributed by atoms with Gasteiger partial charge in [0.05, 0.1) is 0 Å². The first-order chi connectivity index (χ1) is 8.04. The van der Waals surface area contributed by atoms with Gasteiger partial charge in [-0.15, -0.1) is 11.8 Å². The van der Waals surface area contributed by atoms with E-state index >= 15 is 0 Å². The fraction of sp³-hybridized carbons (Fsp3) is 0.600. The van der Waals surface area contributed by atoms with Crippen molar-refractivity contribution in [2.75, 3.05) is 13.6 Å². The first kappa shape index (κ1) is 14.6. The highest BCUT2D eigenvalue weighted by molar-refractivity contribution is 8.00. The summed E-state index contributed by atoms with van der Waals surface area (Å²) in [4.78, 5) is 1.38. The fourth-order valence-electron chi connectivity index (χ4n) is 1.72. The van der Waals surface area contributed by atoms with Gasteiger partial charge in [-0.05, 0) is 36.6 Å². The van der Waals surface area contributed by atoms with Crippen LogP contribution in [0.3, 0.4) is 0 Å². The van der Waals surface area contributed by atoms with E-state index in [9.17, 15) is 0 Å². The maximum Gasteiger partial charge on any atom is 0.0242 e. The predicted octanol–water partition coefficient (Wildman–Crippen LogP) is 4.15. The van der Waals surface area contributed by atoms with E-state index < -0.39 is 0 Å². The van der Waals surface area contributed by atoms with E-state index in [1.165, 1.54) is 10.5 Å². The summed E-state index contributed by atoms with van der Waals surface area (Å²) in [5, 5.41) is 3.92. The van der Waals surface area contributed by atoms with Crippen molar-refractivity contribution in [3.05, 3.63) is 29.8 Å². The molecule has 96 valence electrons. The minimum atomic E-state index is 0.618. The Hall–Kier alpha value is -0.470. The van der Waals surface area contributed by atoms with Crippen LogP contribution < -0.4 is 5.32 Å². The van der Waals surface area contributed by atoms with Crippen molar-refractivity contribution in [1.29, 1.82) is 0 Å². The van der Waals surface area contributed by atoms with Gasteiger partial charge in [0.25, 0.3) is 0 Å². The van der Waals surface area contributed by atoms with Crippen LogP contribution in [0.15, 0.2) is 29.2 Å². The molecule has 0 radical (unpaired) electrons. The molecule has 0 heterocycles. The Morgan fingerprint density at radius 2 is 1.65 bits per heavy atom. The van der Waals surface area contributed by atoms with E-state index in [4.69, 9.17) is 0 Å². The van der Waals surface area contributed by atoms with Gasteiger partial charge >= 0.3 is 0 Å². The molecule has 0 aromatic heterocycles. The Morgan fingerprint density at radius 1 is 1.06 bits per heavy atom. The van der Waals surface area contributed by atoms with Gasteiger partial charge in [0.15, 0.2) is 0 Å². The minimum absolute atomic E-state index is 0.618. The standard InChI is InChI=1S/C15H25NS/c1-11(2)13-6-8-14(9-7-13)17-15(10-16-5)12(3)4/h6-9,11-12,15-16H,10H2,1-5H3. The molecule has 1 aromatic rings. The molecule has 0 amide bonds. The molecule has 0 saturated carbocycles. The van der Waals surface area contributed by atoms with Gasteiger partial charge in [0.1, 0.15) is 0 Å². The molecule has 0 aliphatic heterocycles. The molecule has 0 saturated heterocycles. The van der Waals surface area contributed by atoms with E-state index in [-0.39, 0.29) is 0 Å². The highest BCUT2D eigenvalue weighted by atomic mass is 32.2. The molecule has 1 nitrogen and oxygen atoms in total. The zero-order valence-electron chi connectivity index (χ0n) is 11.7. The van der Waals surface area contributed by atoms with Crippen LogP contribution in [-0.4, -0.2) is 18.8 Å². The summed E-state index contributed by atoms with van der Waals surface area (Å²) in [5.74, 6) is 1.31. The Morgan fingerprint density at radius 3 is 2.06 bits per heavy atom. The van der Waals surface area contributed by atoms with Gasteiger partial charge in [-0.1, -0.05) is 39.8 Å². The van der Waals surface area contributed by atoms with Crippen LogP contribution in [0.4, 0.5) is 0 Å². The number of nitrogens with one attached hydrogen (secondary N) is 1. The van der Waals surface area contributed by atoms with Crippen LogP contribution in [0.5, 0.6) is 0 Å². The summed E-state index contributed by atoms with van der Waals surface area (Å²) in [6, 6.07) is 9.02. The third kappa shape index (κ3) is 4.72. The zero-order valence-corrected chi connectivity index (χ0v) is 12.5. The van der Waals surface area contributed by atoms with Gasteiger partial charge in [0, 0.05) is 16.7 Å². The van der Waals surface area contributed by atoms with Gasteiger partial charge in [0.2, 0.25) is 0 Å². The summed E-state index contributed by atoms with van der Waals surface area (Å²) in [6.07, 6.45) is 0. The highest BCUT2D eigenvalue weighted by Crippen LogP contribution is 2.28. The monoisotopic (exact) mass is 251 g/mol. The molecule has 1 N–H and O–H groups in total. The normalized spacial score (nSPS) is 13.4. The van der Waals surface area contributed by atoms with Crippen molar-refractivity contribution in [2.45, 2.75) is 43.8 Å². The molecular weight excluding hydrogens is 226 g/mol. The number of rotatable bonds is 6. The lowest BCUT2D eigenvalue weighted by Crippen LogP contribution is -2.25. The summed E-state index contributed by atoms with van der Waals surface area (Å²) < 4.78 is 0. The molecule has 2 heteroatoms. The minimum Gasteiger partial charge on any atom is -0.319 e. The Balaban J connectivity index is 2.66. The Bertz CT molecular complexity index is 316. The van der Waals surface area contributed by atoms with Crippen molar-refractivity contribution in [3.8, 4) is 0 Å². The van der Waals surface area contributed by atoms with Crippen molar-refractivity contribution in [2.24, 2.45) is 5.92 Å².